The van der Waals surface area contributed by atoms with Gasteiger partial charge in [0, 0.05) is 17.1 Å². The number of ketones is 3. The van der Waals surface area contributed by atoms with Gasteiger partial charge in [-0.05, 0) is 63.0 Å². The van der Waals surface area contributed by atoms with Crippen LogP contribution in [0.2, 0.25) is 0 Å². The van der Waals surface area contributed by atoms with Crippen molar-refractivity contribution in [1.82, 2.24) is 10.2 Å². The first-order chi connectivity index (χ1) is 17.7. The molecule has 0 saturated heterocycles. The molecule has 4 rings (SSSR count). The minimum absolute atomic E-state index is 0.0322. The van der Waals surface area contributed by atoms with E-state index in [4.69, 9.17) is 5.73 Å². The molecule has 1 fully saturated rings. The maximum atomic E-state index is 13.8. The third-order valence-corrected chi connectivity index (χ3v) is 7.74. The summed E-state index contributed by atoms with van der Waals surface area (Å²) in [6, 6.07) is 1.55. The summed E-state index contributed by atoms with van der Waals surface area (Å²) < 4.78 is 0. The van der Waals surface area contributed by atoms with E-state index < -0.39 is 58.0 Å². The van der Waals surface area contributed by atoms with Crippen LogP contribution < -0.4 is 11.1 Å². The number of carbonyl (C=O) groups is 4. The van der Waals surface area contributed by atoms with E-state index >= 15 is 0 Å². The molecular weight excluding hydrogens is 494 g/mol. The number of fused-ring (bicyclic) bond motifs is 3. The van der Waals surface area contributed by atoms with Crippen molar-refractivity contribution in [3.63, 3.8) is 0 Å². The van der Waals surface area contributed by atoms with E-state index in [-0.39, 0.29) is 47.6 Å². The first kappa shape index (κ1) is 27.5. The molecule has 11 heteroatoms. The molecule has 1 amide bonds. The summed E-state index contributed by atoms with van der Waals surface area (Å²) >= 11 is 0. The summed E-state index contributed by atoms with van der Waals surface area (Å²) in [5.74, 6) is -7.18. The van der Waals surface area contributed by atoms with Crippen LogP contribution in [0.1, 0.15) is 41.8 Å². The van der Waals surface area contributed by atoms with Gasteiger partial charge in [0.15, 0.2) is 17.2 Å². The van der Waals surface area contributed by atoms with Crippen molar-refractivity contribution in [3.8, 4) is 5.75 Å². The Morgan fingerprint density at radius 1 is 1.18 bits per heavy atom. The SMILES string of the molecule is CC(C)CNCC(=O)c1ccc(O)c2c1C[C@H]1C[C@H]3[C@H](N(C)C)C(=O)C(C(N)=O)=C(O)[C@@]3(O)C(=O)C1=C2O. The lowest BCUT2D eigenvalue weighted by Crippen LogP contribution is -2.65. The predicted octanol–water partition coefficient (Wildman–Crippen LogP) is 0.392. The second-order valence-electron chi connectivity index (χ2n) is 10.9. The highest BCUT2D eigenvalue weighted by Crippen LogP contribution is 2.52. The molecule has 1 aromatic carbocycles. The Hall–Kier alpha value is -3.54. The molecule has 204 valence electrons. The van der Waals surface area contributed by atoms with E-state index in [1.807, 2.05) is 13.8 Å². The fourth-order valence-electron chi connectivity index (χ4n) is 6.07. The molecule has 38 heavy (non-hydrogen) atoms. The van der Waals surface area contributed by atoms with Crippen LogP contribution in [-0.4, -0.2) is 87.4 Å². The number of nitrogens with two attached hydrogens (primary N) is 1. The zero-order chi connectivity index (χ0) is 28.3. The van der Waals surface area contributed by atoms with E-state index in [2.05, 4.69) is 5.32 Å². The van der Waals surface area contributed by atoms with Gasteiger partial charge >= 0.3 is 0 Å². The molecule has 3 aliphatic carbocycles. The number of amides is 1. The maximum absolute atomic E-state index is 13.8. The number of hydrogen-bond acceptors (Lipinski definition) is 10. The third kappa shape index (κ3) is 4.01. The molecule has 0 spiro atoms. The van der Waals surface area contributed by atoms with Crippen molar-refractivity contribution in [2.45, 2.75) is 38.3 Å². The molecule has 11 nitrogen and oxygen atoms in total. The standard InChI is InChI=1S/C27H33N3O8/c1-11(2)9-29-10-17(32)13-5-6-16(31)19-14(13)7-12-8-15-21(30(3)4)23(34)20(26(28)37)25(36)27(15,38)24(35)18(12)22(19)33/h5-6,11-12,15,21,29,31,33,36,38H,7-10H2,1-4H3,(H2,28,37)/t12-,15-,21-,27-/m0/s1. The van der Waals surface area contributed by atoms with Crippen molar-refractivity contribution in [3.05, 3.63) is 45.7 Å². The summed E-state index contributed by atoms with van der Waals surface area (Å²) in [6.45, 7) is 4.65. The van der Waals surface area contributed by atoms with Crippen molar-refractivity contribution < 1.29 is 39.6 Å². The molecule has 1 aromatic rings. The van der Waals surface area contributed by atoms with Gasteiger partial charge in [-0.25, -0.2) is 0 Å². The number of nitrogens with one attached hydrogen (secondary N) is 1. The summed E-state index contributed by atoms with van der Waals surface area (Å²) in [5, 5.41) is 47.4. The fourth-order valence-corrected chi connectivity index (χ4v) is 6.07. The number of phenols is 1. The molecule has 0 aromatic heterocycles. The van der Waals surface area contributed by atoms with Crippen molar-refractivity contribution in [2.75, 3.05) is 27.2 Å². The first-order valence-corrected chi connectivity index (χ1v) is 12.5. The highest BCUT2D eigenvalue weighted by molar-refractivity contribution is 6.24. The Morgan fingerprint density at radius 2 is 1.84 bits per heavy atom. The van der Waals surface area contributed by atoms with Crippen LogP contribution in [-0.2, 0) is 20.8 Å². The van der Waals surface area contributed by atoms with Gasteiger partial charge in [0.25, 0.3) is 5.91 Å². The number of aliphatic hydroxyl groups is 3. The Balaban J connectivity index is 1.87. The van der Waals surface area contributed by atoms with E-state index in [9.17, 15) is 39.6 Å². The zero-order valence-corrected chi connectivity index (χ0v) is 21.7. The van der Waals surface area contributed by atoms with E-state index in [1.165, 1.54) is 31.1 Å². The summed E-state index contributed by atoms with van der Waals surface area (Å²) in [5.41, 5.74) is 2.03. The molecule has 4 atom stereocenters. The third-order valence-electron chi connectivity index (χ3n) is 7.74. The van der Waals surface area contributed by atoms with Crippen LogP contribution in [0, 0.1) is 17.8 Å². The van der Waals surface area contributed by atoms with E-state index in [0.29, 0.717) is 18.0 Å². The van der Waals surface area contributed by atoms with Crippen LogP contribution >= 0.6 is 0 Å². The largest absolute Gasteiger partial charge is 0.508 e. The molecule has 0 radical (unpaired) electrons. The van der Waals surface area contributed by atoms with Crippen molar-refractivity contribution in [2.24, 2.45) is 23.5 Å². The highest BCUT2D eigenvalue weighted by atomic mass is 16.3. The number of phenolic OH excluding ortho intramolecular Hbond substituents is 1. The van der Waals surface area contributed by atoms with Gasteiger partial charge in [0.05, 0.1) is 18.2 Å². The predicted molar refractivity (Wildman–Crippen MR) is 136 cm³/mol. The lowest BCUT2D eigenvalue weighted by atomic mass is 9.57. The number of rotatable bonds is 7. The molecular formula is C27H33N3O8. The minimum atomic E-state index is -2.70. The smallest absolute Gasteiger partial charge is 0.255 e. The lowest BCUT2D eigenvalue weighted by Gasteiger charge is -2.50. The molecule has 0 bridgehead atoms. The Bertz CT molecular complexity index is 1310. The summed E-state index contributed by atoms with van der Waals surface area (Å²) in [6.07, 6.45) is 0.0227. The quantitative estimate of drug-likeness (QED) is 0.214. The summed E-state index contributed by atoms with van der Waals surface area (Å²) in [4.78, 5) is 53.5. The van der Waals surface area contributed by atoms with Crippen LogP contribution in [0.15, 0.2) is 29.0 Å². The molecule has 0 aliphatic heterocycles. The average Bonchev–Trinajstić information content (AvgIpc) is 2.80. The monoisotopic (exact) mass is 527 g/mol. The Kier molecular flexibility index (Phi) is 6.98. The number of aliphatic hydroxyl groups excluding tert-OH is 2. The summed E-state index contributed by atoms with van der Waals surface area (Å²) in [7, 11) is 3.07. The number of nitrogens with zero attached hydrogens (tertiary/aromatic N) is 1. The highest BCUT2D eigenvalue weighted by Gasteiger charge is 2.64. The molecule has 0 unspecified atom stereocenters. The number of likely N-dealkylation sites (N-methyl/N-ethyl adjacent to an activating group) is 1. The zero-order valence-electron chi connectivity index (χ0n) is 21.7. The van der Waals surface area contributed by atoms with Crippen LogP contribution in [0.5, 0.6) is 5.75 Å². The van der Waals surface area contributed by atoms with Gasteiger partial charge < -0.3 is 31.5 Å². The van der Waals surface area contributed by atoms with E-state index in [1.54, 1.807) is 0 Å². The topological polar surface area (TPSA) is 190 Å². The molecule has 1 saturated carbocycles. The Labute approximate surface area is 219 Å². The first-order valence-electron chi connectivity index (χ1n) is 12.5. The minimum Gasteiger partial charge on any atom is -0.508 e. The van der Waals surface area contributed by atoms with Gasteiger partial charge in [0.1, 0.15) is 22.8 Å². The number of aromatic hydroxyl groups is 1. The number of benzene rings is 1. The average molecular weight is 528 g/mol. The molecule has 3 aliphatic rings. The lowest BCUT2D eigenvalue weighted by molar-refractivity contribution is -0.153. The second-order valence-corrected chi connectivity index (χ2v) is 10.9. The van der Waals surface area contributed by atoms with E-state index in [0.717, 1.165) is 0 Å². The van der Waals surface area contributed by atoms with Crippen molar-refractivity contribution in [1.29, 1.82) is 0 Å². The van der Waals surface area contributed by atoms with Gasteiger partial charge in [-0.1, -0.05) is 13.8 Å². The van der Waals surface area contributed by atoms with Crippen LogP contribution in [0.3, 0.4) is 0 Å². The van der Waals surface area contributed by atoms with Gasteiger partial charge in [0.2, 0.25) is 5.78 Å². The number of Topliss-reactive ketones (excluding diaryl/α,β-unsaturated/α-hetero) is 3. The normalized spacial score (nSPS) is 27.0. The second kappa shape index (κ2) is 9.64. The van der Waals surface area contributed by atoms with Gasteiger partial charge in [-0.3, -0.25) is 24.1 Å². The number of primary amides is 1. The van der Waals surface area contributed by atoms with Crippen molar-refractivity contribution >= 4 is 29.0 Å². The molecule has 0 heterocycles. The fraction of sp³-hybridized carbons (Fsp3) is 0.481. The maximum Gasteiger partial charge on any atom is 0.255 e. The van der Waals surface area contributed by atoms with Gasteiger partial charge in [-0.15, -0.1) is 0 Å². The Morgan fingerprint density at radius 3 is 2.42 bits per heavy atom. The van der Waals surface area contributed by atoms with Crippen LogP contribution in [0.25, 0.3) is 5.76 Å². The number of hydrogen-bond donors (Lipinski definition) is 6. The molecule has 7 N–H and O–H groups in total. The number of carbonyl (C=O) groups excluding carboxylic acids is 4. The van der Waals surface area contributed by atoms with Gasteiger partial charge in [-0.2, -0.15) is 0 Å². The van der Waals surface area contributed by atoms with Crippen LogP contribution in [0.4, 0.5) is 0 Å².